The van der Waals surface area contributed by atoms with Gasteiger partial charge in [-0.05, 0) is 51.2 Å². The Hall–Kier alpha value is -3.10. The highest BCUT2D eigenvalue weighted by atomic mass is 35.5. The lowest BCUT2D eigenvalue weighted by Crippen LogP contribution is -2.28. The molecule has 4 aromatic carbocycles. The zero-order chi connectivity index (χ0) is 18.2. The molecule has 0 bridgehead atoms. The number of nitrogens with one attached hydrogen (secondary N) is 1. The molecule has 0 fully saturated rings. The van der Waals surface area contributed by atoms with Gasteiger partial charge in [0.25, 0.3) is 0 Å². The van der Waals surface area contributed by atoms with E-state index in [0.717, 1.165) is 11.3 Å². The van der Waals surface area contributed by atoms with Crippen LogP contribution in [0.4, 0.5) is 5.69 Å². The summed E-state index contributed by atoms with van der Waals surface area (Å²) in [7, 11) is 0. The van der Waals surface area contributed by atoms with Crippen molar-refractivity contribution in [3.8, 4) is 11.1 Å². The van der Waals surface area contributed by atoms with Gasteiger partial charge in [-0.15, -0.1) is 0 Å². The van der Waals surface area contributed by atoms with E-state index in [9.17, 15) is 0 Å². The molecule has 1 aliphatic heterocycles. The predicted octanol–water partition coefficient (Wildman–Crippen LogP) is 6.43. The van der Waals surface area contributed by atoms with E-state index in [2.05, 4.69) is 83.1 Å². The topological polar surface area (TPSA) is 24.4 Å². The van der Waals surface area contributed by atoms with E-state index in [1.807, 2.05) is 18.2 Å². The van der Waals surface area contributed by atoms with Gasteiger partial charge in [-0.1, -0.05) is 78.9 Å². The first-order valence-corrected chi connectivity index (χ1v) is 9.34. The van der Waals surface area contributed by atoms with Gasteiger partial charge >= 0.3 is 0 Å². The molecule has 3 heteroatoms. The second-order valence-electron chi connectivity index (χ2n) is 6.72. The standard InChI is InChI=1S/C24H17ClN2/c25-24-26-22-8-4-3-7-21(22)23(27-24)18-12-9-17(10-13-18)20-14-11-16-5-1-2-6-19(16)15-20/h1-15,23H,(H,26,27). The van der Waals surface area contributed by atoms with Crippen molar-refractivity contribution in [2.45, 2.75) is 6.04 Å². The molecule has 130 valence electrons. The maximum absolute atomic E-state index is 6.21. The molecular formula is C24H17ClN2. The molecule has 1 aliphatic rings. The van der Waals surface area contributed by atoms with Gasteiger partial charge in [-0.2, -0.15) is 0 Å². The van der Waals surface area contributed by atoms with Gasteiger partial charge in [0, 0.05) is 5.56 Å². The molecule has 0 aromatic heterocycles. The second kappa shape index (κ2) is 6.57. The Morgan fingerprint density at radius 3 is 2.26 bits per heavy atom. The molecule has 1 unspecified atom stereocenters. The average Bonchev–Trinajstić information content (AvgIpc) is 2.73. The maximum atomic E-state index is 6.21. The summed E-state index contributed by atoms with van der Waals surface area (Å²) in [5.74, 6) is 0. The van der Waals surface area contributed by atoms with E-state index in [0.29, 0.717) is 5.29 Å². The smallest absolute Gasteiger partial charge is 0.197 e. The molecule has 27 heavy (non-hydrogen) atoms. The quantitative estimate of drug-likeness (QED) is 0.405. The van der Waals surface area contributed by atoms with Crippen molar-refractivity contribution in [1.29, 1.82) is 0 Å². The minimum absolute atomic E-state index is 0.0110. The zero-order valence-corrected chi connectivity index (χ0v) is 15.3. The number of benzene rings is 4. The van der Waals surface area contributed by atoms with Gasteiger partial charge in [0.15, 0.2) is 5.29 Å². The summed E-state index contributed by atoms with van der Waals surface area (Å²) >= 11 is 6.21. The average molecular weight is 369 g/mol. The number of rotatable bonds is 2. The molecule has 0 spiro atoms. The Balaban J connectivity index is 1.51. The molecule has 4 aromatic rings. The summed E-state index contributed by atoms with van der Waals surface area (Å²) in [6.45, 7) is 0. The predicted molar refractivity (Wildman–Crippen MR) is 114 cm³/mol. The lowest BCUT2D eigenvalue weighted by molar-refractivity contribution is 0.757. The van der Waals surface area contributed by atoms with Crippen LogP contribution in [-0.4, -0.2) is 5.29 Å². The zero-order valence-electron chi connectivity index (χ0n) is 14.6. The van der Waals surface area contributed by atoms with Gasteiger partial charge < -0.3 is 5.32 Å². The minimum atomic E-state index is 0.0110. The summed E-state index contributed by atoms with van der Waals surface area (Å²) < 4.78 is 0. The molecule has 0 saturated carbocycles. The Morgan fingerprint density at radius 1 is 0.704 bits per heavy atom. The second-order valence-corrected chi connectivity index (χ2v) is 7.08. The Labute approximate surface area is 163 Å². The number of halogens is 1. The molecule has 1 N–H and O–H groups in total. The lowest BCUT2D eigenvalue weighted by atomic mass is 9.94. The molecule has 0 amide bonds. The number of amidine groups is 1. The van der Waals surface area contributed by atoms with E-state index in [1.165, 1.54) is 27.5 Å². The van der Waals surface area contributed by atoms with Crippen LogP contribution in [0.1, 0.15) is 17.2 Å². The van der Waals surface area contributed by atoms with E-state index < -0.39 is 0 Å². The summed E-state index contributed by atoms with van der Waals surface area (Å²) in [6, 6.07) is 31.8. The van der Waals surface area contributed by atoms with Gasteiger partial charge in [-0.25, -0.2) is 4.99 Å². The summed E-state index contributed by atoms with van der Waals surface area (Å²) in [4.78, 5) is 4.39. The fraction of sp³-hybridized carbons (Fsp3) is 0.0417. The fourth-order valence-electron chi connectivity index (χ4n) is 3.67. The van der Waals surface area contributed by atoms with Crippen molar-refractivity contribution >= 4 is 33.4 Å². The molecule has 1 atom stereocenters. The SMILES string of the molecule is ClC1=Nc2ccccc2C(c2ccc(-c3ccc4ccccc4c3)cc2)N1. The Morgan fingerprint density at radius 2 is 1.41 bits per heavy atom. The molecule has 2 nitrogen and oxygen atoms in total. The fourth-order valence-corrected chi connectivity index (χ4v) is 3.87. The number of aliphatic imine (C=N–C) groups is 1. The summed E-state index contributed by atoms with van der Waals surface area (Å²) in [5, 5.41) is 6.23. The number of fused-ring (bicyclic) bond motifs is 2. The summed E-state index contributed by atoms with van der Waals surface area (Å²) in [5.41, 5.74) is 5.65. The van der Waals surface area contributed by atoms with Crippen LogP contribution in [0.15, 0.2) is 96.0 Å². The van der Waals surface area contributed by atoms with E-state index in [1.54, 1.807) is 0 Å². The number of hydrogen-bond acceptors (Lipinski definition) is 2. The molecule has 1 heterocycles. The molecule has 5 rings (SSSR count). The van der Waals surface area contributed by atoms with E-state index >= 15 is 0 Å². The van der Waals surface area contributed by atoms with E-state index in [-0.39, 0.29) is 6.04 Å². The van der Waals surface area contributed by atoms with Crippen molar-refractivity contribution in [1.82, 2.24) is 5.32 Å². The molecule has 0 aliphatic carbocycles. The van der Waals surface area contributed by atoms with Gasteiger partial charge in [-0.3, -0.25) is 0 Å². The largest absolute Gasteiger partial charge is 0.349 e. The first kappa shape index (κ1) is 16.1. The summed E-state index contributed by atoms with van der Waals surface area (Å²) in [6.07, 6.45) is 0. The van der Waals surface area contributed by atoms with Crippen LogP contribution in [0.5, 0.6) is 0 Å². The first-order valence-electron chi connectivity index (χ1n) is 8.97. The van der Waals surface area contributed by atoms with Crippen molar-refractivity contribution in [2.75, 3.05) is 0 Å². The number of hydrogen-bond donors (Lipinski definition) is 1. The normalized spacial score (nSPS) is 15.7. The van der Waals surface area contributed by atoms with Gasteiger partial charge in [0.2, 0.25) is 0 Å². The molecule has 0 radical (unpaired) electrons. The minimum Gasteiger partial charge on any atom is -0.349 e. The van der Waals surface area contributed by atoms with Crippen molar-refractivity contribution in [3.63, 3.8) is 0 Å². The molecule has 0 saturated heterocycles. The number of para-hydroxylation sites is 1. The van der Waals surface area contributed by atoms with Crippen molar-refractivity contribution < 1.29 is 0 Å². The first-order chi connectivity index (χ1) is 13.3. The third kappa shape index (κ3) is 2.98. The van der Waals surface area contributed by atoms with Crippen LogP contribution in [0.2, 0.25) is 0 Å². The highest BCUT2D eigenvalue weighted by Gasteiger charge is 2.22. The van der Waals surface area contributed by atoms with Crippen LogP contribution in [0, 0.1) is 0 Å². The van der Waals surface area contributed by atoms with Crippen molar-refractivity contribution in [2.24, 2.45) is 4.99 Å². The number of nitrogens with zero attached hydrogens (tertiary/aromatic N) is 1. The van der Waals surface area contributed by atoms with Gasteiger partial charge in [0.1, 0.15) is 0 Å². The molecular weight excluding hydrogens is 352 g/mol. The highest BCUT2D eigenvalue weighted by molar-refractivity contribution is 6.65. The third-order valence-corrected chi connectivity index (χ3v) is 5.25. The Kier molecular flexibility index (Phi) is 3.92. The monoisotopic (exact) mass is 368 g/mol. The third-order valence-electron chi connectivity index (χ3n) is 5.06. The van der Waals surface area contributed by atoms with Crippen LogP contribution >= 0.6 is 11.6 Å². The van der Waals surface area contributed by atoms with Crippen LogP contribution in [0.25, 0.3) is 21.9 Å². The Bertz CT molecular complexity index is 1160. The van der Waals surface area contributed by atoms with E-state index in [4.69, 9.17) is 11.6 Å². The lowest BCUT2D eigenvalue weighted by Gasteiger charge is -2.25. The highest BCUT2D eigenvalue weighted by Crippen LogP contribution is 2.35. The van der Waals surface area contributed by atoms with Crippen LogP contribution in [-0.2, 0) is 0 Å². The van der Waals surface area contributed by atoms with Crippen molar-refractivity contribution in [3.05, 3.63) is 102 Å². The van der Waals surface area contributed by atoms with Crippen LogP contribution < -0.4 is 5.32 Å². The van der Waals surface area contributed by atoms with Crippen LogP contribution in [0.3, 0.4) is 0 Å². The maximum Gasteiger partial charge on any atom is 0.197 e. The van der Waals surface area contributed by atoms with Gasteiger partial charge in [0.05, 0.1) is 11.7 Å².